The van der Waals surface area contributed by atoms with Gasteiger partial charge in [-0.15, -0.1) is 0 Å². The monoisotopic (exact) mass is 235 g/mol. The molecule has 1 aromatic heterocycles. The molecule has 0 aliphatic rings. The Kier molecular flexibility index (Phi) is 3.15. The van der Waals surface area contributed by atoms with Crippen LogP contribution in [-0.2, 0) is 6.54 Å². The molecule has 1 heterocycles. The molecule has 4 heteroatoms. The molecule has 16 heavy (non-hydrogen) atoms. The Balaban J connectivity index is 2.07. The van der Waals surface area contributed by atoms with Crippen molar-refractivity contribution in [3.63, 3.8) is 0 Å². The second-order valence-corrected chi connectivity index (χ2v) is 4.24. The summed E-state index contributed by atoms with van der Waals surface area (Å²) in [7, 11) is 0. The van der Waals surface area contributed by atoms with Crippen LogP contribution < -0.4 is 5.32 Å². The maximum atomic E-state index is 5.94. The molecule has 0 unspecified atom stereocenters. The lowest BCUT2D eigenvalue weighted by molar-refractivity contribution is 1.04. The van der Waals surface area contributed by atoms with Gasteiger partial charge in [-0.1, -0.05) is 17.7 Å². The van der Waals surface area contributed by atoms with Crippen LogP contribution >= 0.6 is 11.6 Å². The van der Waals surface area contributed by atoms with E-state index in [1.165, 1.54) is 5.56 Å². The summed E-state index contributed by atoms with van der Waals surface area (Å²) in [5.41, 5.74) is 3.30. The number of nitrogens with one attached hydrogen (secondary N) is 2. The van der Waals surface area contributed by atoms with E-state index in [0.717, 1.165) is 28.8 Å². The van der Waals surface area contributed by atoms with Crippen LogP contribution in [0.3, 0.4) is 0 Å². The van der Waals surface area contributed by atoms with Gasteiger partial charge in [-0.3, -0.25) is 0 Å². The number of aromatic nitrogens is 2. The lowest BCUT2D eigenvalue weighted by Gasteiger charge is -2.08. The number of imidazole rings is 1. The van der Waals surface area contributed by atoms with E-state index < -0.39 is 0 Å². The molecular weight excluding hydrogens is 222 g/mol. The van der Waals surface area contributed by atoms with Crippen molar-refractivity contribution in [2.24, 2.45) is 0 Å². The molecule has 0 bridgehead atoms. The predicted octanol–water partition coefficient (Wildman–Crippen LogP) is 3.29. The van der Waals surface area contributed by atoms with Gasteiger partial charge in [0.25, 0.3) is 0 Å². The summed E-state index contributed by atoms with van der Waals surface area (Å²) in [4.78, 5) is 7.32. The van der Waals surface area contributed by atoms with Crippen LogP contribution in [0.15, 0.2) is 24.4 Å². The molecule has 3 nitrogen and oxygen atoms in total. The van der Waals surface area contributed by atoms with E-state index in [-0.39, 0.29) is 0 Å². The summed E-state index contributed by atoms with van der Waals surface area (Å²) in [6.45, 7) is 4.72. The van der Waals surface area contributed by atoms with Crippen LogP contribution in [0, 0.1) is 13.8 Å². The minimum absolute atomic E-state index is 0.724. The van der Waals surface area contributed by atoms with Gasteiger partial charge >= 0.3 is 0 Å². The molecule has 0 amide bonds. The van der Waals surface area contributed by atoms with Crippen molar-refractivity contribution in [2.75, 3.05) is 5.32 Å². The first-order chi connectivity index (χ1) is 7.65. The highest BCUT2D eigenvalue weighted by atomic mass is 35.5. The number of hydrogen-bond acceptors (Lipinski definition) is 2. The van der Waals surface area contributed by atoms with Gasteiger partial charge in [0.15, 0.2) is 0 Å². The second-order valence-electron chi connectivity index (χ2n) is 3.81. The first-order valence-electron chi connectivity index (χ1n) is 5.15. The quantitative estimate of drug-likeness (QED) is 0.857. The van der Waals surface area contributed by atoms with Crippen LogP contribution in [0.1, 0.15) is 17.1 Å². The summed E-state index contributed by atoms with van der Waals surface area (Å²) in [5.74, 6) is 0.930. The fourth-order valence-electron chi connectivity index (χ4n) is 1.54. The van der Waals surface area contributed by atoms with Gasteiger partial charge < -0.3 is 10.3 Å². The average molecular weight is 236 g/mol. The first-order valence-corrected chi connectivity index (χ1v) is 5.53. The zero-order valence-corrected chi connectivity index (χ0v) is 10.1. The van der Waals surface area contributed by atoms with Crippen LogP contribution in [0.2, 0.25) is 5.02 Å². The normalized spacial score (nSPS) is 10.4. The van der Waals surface area contributed by atoms with Crippen LogP contribution in [0.25, 0.3) is 0 Å². The van der Waals surface area contributed by atoms with Gasteiger partial charge in [-0.05, 0) is 31.5 Å². The number of nitrogens with zero attached hydrogens (tertiary/aromatic N) is 1. The smallest absolute Gasteiger partial charge is 0.103 e. The van der Waals surface area contributed by atoms with Crippen molar-refractivity contribution >= 4 is 17.3 Å². The van der Waals surface area contributed by atoms with E-state index in [1.807, 2.05) is 31.3 Å². The molecule has 0 radical (unpaired) electrons. The van der Waals surface area contributed by atoms with Crippen LogP contribution in [-0.4, -0.2) is 9.97 Å². The number of aryl methyl sites for hydroxylation is 2. The summed E-state index contributed by atoms with van der Waals surface area (Å²) in [5, 5.41) is 4.07. The van der Waals surface area contributed by atoms with E-state index in [9.17, 15) is 0 Å². The Labute approximate surface area is 99.9 Å². The number of anilines is 1. The average Bonchev–Trinajstić information content (AvgIpc) is 2.66. The van der Waals surface area contributed by atoms with Gasteiger partial charge in [-0.25, -0.2) is 4.98 Å². The van der Waals surface area contributed by atoms with Crippen molar-refractivity contribution < 1.29 is 0 Å². The minimum atomic E-state index is 0.724. The molecule has 0 atom stereocenters. The number of halogens is 1. The lowest BCUT2D eigenvalue weighted by atomic mass is 10.2. The zero-order valence-electron chi connectivity index (χ0n) is 9.34. The highest BCUT2D eigenvalue weighted by Crippen LogP contribution is 2.20. The third-order valence-electron chi connectivity index (χ3n) is 2.42. The van der Waals surface area contributed by atoms with E-state index in [4.69, 9.17) is 11.6 Å². The third-order valence-corrected chi connectivity index (χ3v) is 2.66. The Morgan fingerprint density at radius 3 is 2.88 bits per heavy atom. The number of rotatable bonds is 3. The van der Waals surface area contributed by atoms with Gasteiger partial charge in [0.2, 0.25) is 0 Å². The van der Waals surface area contributed by atoms with E-state index in [0.29, 0.717) is 0 Å². The van der Waals surface area contributed by atoms with Crippen molar-refractivity contribution in [1.82, 2.24) is 9.97 Å². The summed E-state index contributed by atoms with van der Waals surface area (Å²) in [6.07, 6.45) is 1.84. The van der Waals surface area contributed by atoms with E-state index in [1.54, 1.807) is 0 Å². The molecule has 2 aromatic rings. The molecule has 0 spiro atoms. The van der Waals surface area contributed by atoms with Gasteiger partial charge in [0, 0.05) is 10.7 Å². The van der Waals surface area contributed by atoms with Gasteiger partial charge in [0.05, 0.1) is 18.4 Å². The summed E-state index contributed by atoms with van der Waals surface area (Å²) in [6, 6.07) is 5.82. The van der Waals surface area contributed by atoms with Crippen molar-refractivity contribution in [3.8, 4) is 0 Å². The maximum Gasteiger partial charge on any atom is 0.103 e. The Hall–Kier alpha value is -1.48. The van der Waals surface area contributed by atoms with Crippen LogP contribution in [0.4, 0.5) is 5.69 Å². The van der Waals surface area contributed by atoms with E-state index in [2.05, 4.69) is 22.2 Å². The summed E-state index contributed by atoms with van der Waals surface area (Å²) < 4.78 is 0. The molecule has 0 saturated heterocycles. The Bertz CT molecular complexity index is 491. The number of aromatic amines is 1. The molecule has 1 aromatic carbocycles. The van der Waals surface area contributed by atoms with Gasteiger partial charge in [-0.2, -0.15) is 0 Å². The number of H-pyrrole nitrogens is 1. The Morgan fingerprint density at radius 1 is 1.38 bits per heavy atom. The van der Waals surface area contributed by atoms with Crippen LogP contribution in [0.5, 0.6) is 0 Å². The summed E-state index contributed by atoms with van der Waals surface area (Å²) >= 11 is 5.94. The first kappa shape index (κ1) is 11.0. The molecule has 0 aliphatic heterocycles. The minimum Gasteiger partial charge on any atom is -0.379 e. The molecule has 84 valence electrons. The van der Waals surface area contributed by atoms with Gasteiger partial charge in [0.1, 0.15) is 5.82 Å². The highest BCUT2D eigenvalue weighted by molar-refractivity contribution is 6.30. The molecule has 2 rings (SSSR count). The topological polar surface area (TPSA) is 40.7 Å². The van der Waals surface area contributed by atoms with E-state index >= 15 is 0 Å². The second kappa shape index (κ2) is 4.58. The molecule has 0 aliphatic carbocycles. The largest absolute Gasteiger partial charge is 0.379 e. The SMILES string of the molecule is Cc1ncc(CNc2cc(Cl)ccc2C)[nH]1. The zero-order chi connectivity index (χ0) is 11.5. The number of benzene rings is 1. The molecule has 2 N–H and O–H groups in total. The van der Waals surface area contributed by atoms with Crippen molar-refractivity contribution in [2.45, 2.75) is 20.4 Å². The lowest BCUT2D eigenvalue weighted by Crippen LogP contribution is -2.01. The fourth-order valence-corrected chi connectivity index (χ4v) is 1.71. The fraction of sp³-hybridized carbons (Fsp3) is 0.250. The number of hydrogen-bond donors (Lipinski definition) is 2. The third kappa shape index (κ3) is 2.55. The molecule has 0 fully saturated rings. The molecule has 0 saturated carbocycles. The highest BCUT2D eigenvalue weighted by Gasteiger charge is 2.00. The Morgan fingerprint density at radius 2 is 2.19 bits per heavy atom. The predicted molar refractivity (Wildman–Crippen MR) is 66.8 cm³/mol. The molecular formula is C12H14ClN3. The maximum absolute atomic E-state index is 5.94. The van der Waals surface area contributed by atoms with Crippen molar-refractivity contribution in [1.29, 1.82) is 0 Å². The standard InChI is InChI=1S/C12H14ClN3/c1-8-3-4-10(13)5-12(8)15-7-11-6-14-9(2)16-11/h3-6,15H,7H2,1-2H3,(H,14,16). The van der Waals surface area contributed by atoms with Crippen molar-refractivity contribution in [3.05, 3.63) is 46.5 Å².